The molecule has 30 heavy (non-hydrogen) atoms. The minimum absolute atomic E-state index is 0.228. The highest BCUT2D eigenvalue weighted by atomic mass is 19.1. The molecule has 3 aromatic rings. The van der Waals surface area contributed by atoms with Gasteiger partial charge >= 0.3 is 0 Å². The van der Waals surface area contributed by atoms with Gasteiger partial charge in [0.25, 0.3) is 0 Å². The fourth-order valence-electron chi connectivity index (χ4n) is 3.83. The van der Waals surface area contributed by atoms with Crippen molar-refractivity contribution in [1.82, 2.24) is 14.9 Å². The van der Waals surface area contributed by atoms with Crippen LogP contribution in [0.1, 0.15) is 13.8 Å². The summed E-state index contributed by atoms with van der Waals surface area (Å²) in [7, 11) is 1.60. The van der Waals surface area contributed by atoms with Crippen LogP contribution in [0.4, 0.5) is 4.39 Å². The molecular formula is C23H26FN3O3. The zero-order chi connectivity index (χ0) is 21.1. The van der Waals surface area contributed by atoms with E-state index in [0.717, 1.165) is 19.6 Å². The molecule has 6 nitrogen and oxygen atoms in total. The lowest BCUT2D eigenvalue weighted by molar-refractivity contribution is -0.0699. The van der Waals surface area contributed by atoms with E-state index in [1.807, 2.05) is 6.07 Å². The zero-order valence-electron chi connectivity index (χ0n) is 17.5. The molecular weight excluding hydrogens is 385 g/mol. The number of nitrogens with zero attached hydrogens (tertiary/aromatic N) is 3. The molecule has 0 saturated carbocycles. The van der Waals surface area contributed by atoms with Crippen LogP contribution in [-0.4, -0.2) is 60.4 Å². The predicted molar refractivity (Wildman–Crippen MR) is 113 cm³/mol. The van der Waals surface area contributed by atoms with E-state index in [4.69, 9.17) is 14.2 Å². The summed E-state index contributed by atoms with van der Waals surface area (Å²) in [6.45, 7) is 7.33. The highest BCUT2D eigenvalue weighted by molar-refractivity contribution is 5.81. The van der Waals surface area contributed by atoms with Crippen LogP contribution < -0.4 is 9.47 Å². The second-order valence-electron chi connectivity index (χ2n) is 7.62. The average Bonchev–Trinajstić information content (AvgIpc) is 2.72. The minimum atomic E-state index is -0.306. The number of halogens is 1. The Balaban J connectivity index is 1.50. The molecule has 1 saturated heterocycles. The van der Waals surface area contributed by atoms with E-state index >= 15 is 0 Å². The van der Waals surface area contributed by atoms with E-state index in [1.165, 1.54) is 12.1 Å². The number of ether oxygens (including phenoxy) is 3. The van der Waals surface area contributed by atoms with Crippen LogP contribution in [0.15, 0.2) is 42.6 Å². The molecule has 4 rings (SSSR count). The number of hydrogen-bond acceptors (Lipinski definition) is 6. The standard InChI is InChI=1S/C23H26FN3O3/c1-15-13-27(14-16(2)30-15)7-8-29-23-10-19-20(11-22(23)28-3)26-21(12-25-19)17-5-4-6-18(24)9-17/h4-6,9-12,15-16H,7-8,13-14H2,1-3H3. The number of aromatic nitrogens is 2. The van der Waals surface area contributed by atoms with Gasteiger partial charge in [-0.2, -0.15) is 0 Å². The Hall–Kier alpha value is -2.77. The number of benzene rings is 2. The molecule has 1 aromatic heterocycles. The largest absolute Gasteiger partial charge is 0.493 e. The molecule has 2 heterocycles. The van der Waals surface area contributed by atoms with Crippen molar-refractivity contribution in [2.75, 3.05) is 33.4 Å². The van der Waals surface area contributed by atoms with E-state index in [0.29, 0.717) is 40.4 Å². The quantitative estimate of drug-likeness (QED) is 0.613. The average molecular weight is 411 g/mol. The molecule has 1 aliphatic rings. The topological polar surface area (TPSA) is 56.7 Å². The van der Waals surface area contributed by atoms with Gasteiger partial charge in [0.1, 0.15) is 12.4 Å². The molecule has 7 heteroatoms. The zero-order valence-corrected chi connectivity index (χ0v) is 17.5. The first-order valence-electron chi connectivity index (χ1n) is 10.1. The van der Waals surface area contributed by atoms with Crippen molar-refractivity contribution in [3.8, 4) is 22.8 Å². The smallest absolute Gasteiger partial charge is 0.163 e. The number of hydrogen-bond donors (Lipinski definition) is 0. The summed E-state index contributed by atoms with van der Waals surface area (Å²) in [5, 5.41) is 0. The Labute approximate surface area is 175 Å². The van der Waals surface area contributed by atoms with Crippen LogP contribution in [0, 0.1) is 5.82 Å². The van der Waals surface area contributed by atoms with Crippen LogP contribution >= 0.6 is 0 Å². The number of rotatable bonds is 6. The molecule has 1 aliphatic heterocycles. The molecule has 0 spiro atoms. The highest BCUT2D eigenvalue weighted by Crippen LogP contribution is 2.32. The molecule has 2 unspecified atom stereocenters. The van der Waals surface area contributed by atoms with Gasteiger partial charge in [-0.15, -0.1) is 0 Å². The fraction of sp³-hybridized carbons (Fsp3) is 0.391. The lowest BCUT2D eigenvalue weighted by Gasteiger charge is -2.35. The van der Waals surface area contributed by atoms with Crippen molar-refractivity contribution in [3.05, 3.63) is 48.4 Å². The maximum Gasteiger partial charge on any atom is 0.163 e. The Bertz CT molecular complexity index is 1020. The van der Waals surface area contributed by atoms with Gasteiger partial charge in [-0.1, -0.05) is 12.1 Å². The second-order valence-corrected chi connectivity index (χ2v) is 7.62. The van der Waals surface area contributed by atoms with E-state index in [9.17, 15) is 4.39 Å². The maximum absolute atomic E-state index is 13.5. The molecule has 0 bridgehead atoms. The summed E-state index contributed by atoms with van der Waals surface area (Å²) in [6, 6.07) is 9.95. The van der Waals surface area contributed by atoms with Crippen molar-refractivity contribution in [3.63, 3.8) is 0 Å². The first-order valence-corrected chi connectivity index (χ1v) is 10.1. The summed E-state index contributed by atoms with van der Waals surface area (Å²) in [4.78, 5) is 11.5. The van der Waals surface area contributed by atoms with Gasteiger partial charge in [0.05, 0.1) is 42.2 Å². The van der Waals surface area contributed by atoms with Crippen molar-refractivity contribution < 1.29 is 18.6 Å². The Morgan fingerprint density at radius 3 is 2.60 bits per heavy atom. The van der Waals surface area contributed by atoms with Gasteiger partial charge in [-0.25, -0.2) is 9.37 Å². The van der Waals surface area contributed by atoms with Gasteiger partial charge in [-0.3, -0.25) is 9.88 Å². The molecule has 0 N–H and O–H groups in total. The van der Waals surface area contributed by atoms with Gasteiger partial charge in [0.15, 0.2) is 11.5 Å². The Kier molecular flexibility index (Phi) is 6.11. The molecule has 1 fully saturated rings. The molecule has 0 amide bonds. The molecule has 0 radical (unpaired) electrons. The number of morpholine rings is 1. The van der Waals surface area contributed by atoms with E-state index in [1.54, 1.807) is 31.5 Å². The van der Waals surface area contributed by atoms with Crippen LogP contribution in [-0.2, 0) is 4.74 Å². The lowest BCUT2D eigenvalue weighted by atomic mass is 10.1. The normalized spacial score (nSPS) is 19.7. The monoisotopic (exact) mass is 411 g/mol. The van der Waals surface area contributed by atoms with Gasteiger partial charge in [0, 0.05) is 37.3 Å². The first kappa shape index (κ1) is 20.5. The van der Waals surface area contributed by atoms with Crippen molar-refractivity contribution in [1.29, 1.82) is 0 Å². The van der Waals surface area contributed by atoms with Gasteiger partial charge in [0.2, 0.25) is 0 Å². The summed E-state index contributed by atoms with van der Waals surface area (Å²) >= 11 is 0. The van der Waals surface area contributed by atoms with Crippen molar-refractivity contribution >= 4 is 11.0 Å². The summed E-state index contributed by atoms with van der Waals surface area (Å²) in [5.74, 6) is 0.920. The first-order chi connectivity index (χ1) is 14.5. The molecule has 2 aromatic carbocycles. The van der Waals surface area contributed by atoms with Crippen molar-refractivity contribution in [2.45, 2.75) is 26.1 Å². The lowest BCUT2D eigenvalue weighted by Crippen LogP contribution is -2.46. The third kappa shape index (κ3) is 4.68. The third-order valence-corrected chi connectivity index (χ3v) is 5.11. The summed E-state index contributed by atoms with van der Waals surface area (Å²) < 4.78 is 30.8. The number of fused-ring (bicyclic) bond motifs is 1. The van der Waals surface area contributed by atoms with E-state index in [2.05, 4.69) is 28.7 Å². The Morgan fingerprint density at radius 2 is 1.87 bits per heavy atom. The van der Waals surface area contributed by atoms with Crippen LogP contribution in [0.3, 0.4) is 0 Å². The van der Waals surface area contributed by atoms with Crippen LogP contribution in [0.25, 0.3) is 22.3 Å². The van der Waals surface area contributed by atoms with Crippen LogP contribution in [0.2, 0.25) is 0 Å². The third-order valence-electron chi connectivity index (χ3n) is 5.11. The van der Waals surface area contributed by atoms with Crippen LogP contribution in [0.5, 0.6) is 11.5 Å². The Morgan fingerprint density at radius 1 is 1.10 bits per heavy atom. The molecule has 158 valence electrons. The summed E-state index contributed by atoms with van der Waals surface area (Å²) in [5.41, 5.74) is 2.64. The number of methoxy groups -OCH3 is 1. The van der Waals surface area contributed by atoms with E-state index in [-0.39, 0.29) is 18.0 Å². The highest BCUT2D eigenvalue weighted by Gasteiger charge is 2.22. The molecule has 2 atom stereocenters. The van der Waals surface area contributed by atoms with Crippen molar-refractivity contribution in [2.24, 2.45) is 0 Å². The minimum Gasteiger partial charge on any atom is -0.493 e. The van der Waals surface area contributed by atoms with E-state index < -0.39 is 0 Å². The second kappa shape index (κ2) is 8.93. The van der Waals surface area contributed by atoms with Gasteiger partial charge < -0.3 is 14.2 Å². The predicted octanol–water partition coefficient (Wildman–Crippen LogP) is 3.93. The maximum atomic E-state index is 13.5. The fourth-order valence-corrected chi connectivity index (χ4v) is 3.83. The SMILES string of the molecule is COc1cc2nc(-c3cccc(F)c3)cnc2cc1OCCN1CC(C)OC(C)C1. The summed E-state index contributed by atoms with van der Waals surface area (Å²) in [6.07, 6.45) is 2.10. The molecule has 0 aliphatic carbocycles. The van der Waals surface area contributed by atoms with Gasteiger partial charge in [-0.05, 0) is 26.0 Å².